The van der Waals surface area contributed by atoms with E-state index in [1.165, 1.54) is 32.0 Å². The Morgan fingerprint density at radius 2 is 0.947 bits per heavy atom. The first-order valence-corrected chi connectivity index (χ1v) is 17.5. The van der Waals surface area contributed by atoms with Crippen LogP contribution in [0.5, 0.6) is 0 Å². The zero-order valence-electron chi connectivity index (χ0n) is 11.8. The summed E-state index contributed by atoms with van der Waals surface area (Å²) in [6.07, 6.45) is 0. The fourth-order valence-electron chi connectivity index (χ4n) is 2.02. The van der Waals surface area contributed by atoms with E-state index >= 15 is 0 Å². The van der Waals surface area contributed by atoms with Crippen molar-refractivity contribution >= 4 is 37.9 Å². The van der Waals surface area contributed by atoms with Crippen LogP contribution in [-0.2, 0) is 0 Å². The van der Waals surface area contributed by atoms with Gasteiger partial charge in [0.15, 0.2) is 0 Å². The average molecular weight is 482 g/mol. The first-order chi connectivity index (χ1) is 9.09. The van der Waals surface area contributed by atoms with Crippen molar-refractivity contribution < 1.29 is 0 Å². The van der Waals surface area contributed by atoms with Crippen LogP contribution in [0.4, 0.5) is 0 Å². The van der Waals surface area contributed by atoms with E-state index in [1.54, 1.807) is 0 Å². The molecule has 98 valence electrons. The molecule has 0 atom stereocenters. The molecule has 0 saturated carbocycles. The topological polar surface area (TPSA) is 0 Å². The molecule has 0 aliphatic rings. The summed E-state index contributed by atoms with van der Waals surface area (Å²) in [5.74, 6) is 0. The van der Waals surface area contributed by atoms with E-state index in [2.05, 4.69) is 80.7 Å². The molecule has 0 aliphatic heterocycles. The van der Waals surface area contributed by atoms with E-state index < -0.39 is 21.2 Å². The molecule has 2 aromatic rings. The van der Waals surface area contributed by atoms with Crippen molar-refractivity contribution in [2.75, 3.05) is 0 Å². The van der Waals surface area contributed by atoms with E-state index in [4.69, 9.17) is 0 Å². The van der Waals surface area contributed by atoms with Crippen molar-refractivity contribution in [3.8, 4) is 0 Å². The molecule has 0 saturated heterocycles. The molecule has 0 aliphatic carbocycles. The third-order valence-corrected chi connectivity index (χ3v) is 16.1. The molecule has 0 spiro atoms. The monoisotopic (exact) mass is 482 g/mol. The van der Waals surface area contributed by atoms with E-state index in [0.29, 0.717) is 0 Å². The van der Waals surface area contributed by atoms with Crippen LogP contribution < -0.4 is 0 Å². The summed E-state index contributed by atoms with van der Waals surface area (Å²) < 4.78 is 0. The van der Waals surface area contributed by atoms with Crippen LogP contribution in [0.15, 0.2) is 46.2 Å². The van der Waals surface area contributed by atoms with Gasteiger partial charge in [-0.25, -0.2) is 0 Å². The SMILES string of the molecule is Cc1cccc(C)c1[S][Pb][S]c1c(C)cccc1C. The van der Waals surface area contributed by atoms with Crippen molar-refractivity contribution in [2.45, 2.75) is 37.5 Å². The summed E-state index contributed by atoms with van der Waals surface area (Å²) in [7, 11) is 4.29. The summed E-state index contributed by atoms with van der Waals surface area (Å²) >= 11 is -0.759. The van der Waals surface area contributed by atoms with Crippen LogP contribution in [0.3, 0.4) is 0 Å². The van der Waals surface area contributed by atoms with Crippen molar-refractivity contribution in [1.82, 2.24) is 0 Å². The predicted octanol–water partition coefficient (Wildman–Crippen LogP) is 5.34. The Morgan fingerprint density at radius 3 is 1.26 bits per heavy atom. The summed E-state index contributed by atoms with van der Waals surface area (Å²) in [6.45, 7) is 8.90. The zero-order chi connectivity index (χ0) is 13.8. The quantitative estimate of drug-likeness (QED) is 0.541. The van der Waals surface area contributed by atoms with Crippen molar-refractivity contribution in [3.05, 3.63) is 58.7 Å². The van der Waals surface area contributed by atoms with Gasteiger partial charge in [0, 0.05) is 0 Å². The predicted molar refractivity (Wildman–Crippen MR) is 89.3 cm³/mol. The molecular weight excluding hydrogens is 464 g/mol. The second-order valence-corrected chi connectivity index (χ2v) is 17.2. The molecule has 0 amide bonds. The van der Waals surface area contributed by atoms with E-state index in [-0.39, 0.29) is 0 Å². The Hall–Kier alpha value is 0.0621. The molecule has 2 rings (SSSR count). The Bertz CT molecular complexity index is 487. The molecule has 3 heteroatoms. The second kappa shape index (κ2) is 7.18. The first-order valence-electron chi connectivity index (χ1n) is 6.30. The molecule has 0 fully saturated rings. The molecule has 0 N–H and O–H groups in total. The van der Waals surface area contributed by atoms with Crippen LogP contribution in [0.25, 0.3) is 0 Å². The molecule has 0 bridgehead atoms. The molecule has 0 aromatic heterocycles. The van der Waals surface area contributed by atoms with Crippen LogP contribution in [0.1, 0.15) is 22.3 Å². The number of aryl methyl sites for hydroxylation is 4. The van der Waals surface area contributed by atoms with Crippen molar-refractivity contribution in [3.63, 3.8) is 0 Å². The zero-order valence-corrected chi connectivity index (χ0v) is 17.3. The van der Waals surface area contributed by atoms with Crippen LogP contribution in [0.2, 0.25) is 0 Å². The van der Waals surface area contributed by atoms with Gasteiger partial charge >= 0.3 is 134 Å². The summed E-state index contributed by atoms with van der Waals surface area (Å²) in [5.41, 5.74) is 5.72. The third-order valence-electron chi connectivity index (χ3n) is 3.10. The number of hydrogen-bond donors (Lipinski definition) is 0. The minimum absolute atomic E-state index is 0.759. The molecular formula is C16H18PbS2. The second-order valence-electron chi connectivity index (χ2n) is 4.73. The van der Waals surface area contributed by atoms with Gasteiger partial charge in [-0.2, -0.15) is 0 Å². The third kappa shape index (κ3) is 4.02. The van der Waals surface area contributed by atoms with E-state index in [1.807, 2.05) is 0 Å². The normalized spacial score (nSPS) is 10.7. The number of benzene rings is 2. The fraction of sp³-hybridized carbons (Fsp3) is 0.250. The average Bonchev–Trinajstić information content (AvgIpc) is 2.36. The van der Waals surface area contributed by atoms with Crippen molar-refractivity contribution in [1.29, 1.82) is 0 Å². The van der Waals surface area contributed by atoms with Crippen molar-refractivity contribution in [2.24, 2.45) is 0 Å². The van der Waals surface area contributed by atoms with Gasteiger partial charge in [-0.3, -0.25) is 0 Å². The Kier molecular flexibility index (Phi) is 5.84. The van der Waals surface area contributed by atoms with Gasteiger partial charge in [-0.05, 0) is 0 Å². The van der Waals surface area contributed by atoms with E-state index in [9.17, 15) is 0 Å². The Balaban J connectivity index is 2.05. The van der Waals surface area contributed by atoms with Crippen LogP contribution >= 0.6 is 16.6 Å². The van der Waals surface area contributed by atoms with Crippen LogP contribution in [-0.4, -0.2) is 21.2 Å². The Labute approximate surface area is 133 Å². The first kappa shape index (κ1) is 15.5. The molecule has 2 aromatic carbocycles. The Morgan fingerprint density at radius 1 is 0.632 bits per heavy atom. The van der Waals surface area contributed by atoms with E-state index in [0.717, 1.165) is 0 Å². The fourth-order valence-corrected chi connectivity index (χ4v) is 18.6. The molecule has 0 heterocycles. The molecule has 0 nitrogen and oxygen atoms in total. The number of rotatable bonds is 4. The van der Waals surface area contributed by atoms with Gasteiger partial charge in [0.05, 0.1) is 0 Å². The van der Waals surface area contributed by atoms with Gasteiger partial charge < -0.3 is 0 Å². The molecule has 19 heavy (non-hydrogen) atoms. The molecule has 2 radical (unpaired) electrons. The van der Waals surface area contributed by atoms with Gasteiger partial charge in [0.2, 0.25) is 0 Å². The standard InChI is InChI=1S/2C8H10S.Pb/c2*1-6-4-3-5-7(2)8(6)9;/h2*3-5,9H,1-2H3;/q;;+2/p-2. The minimum atomic E-state index is -0.759. The van der Waals surface area contributed by atoms with Gasteiger partial charge in [-0.1, -0.05) is 0 Å². The summed E-state index contributed by atoms with van der Waals surface area (Å²) in [5, 5.41) is 0. The van der Waals surface area contributed by atoms with Gasteiger partial charge in [0.25, 0.3) is 0 Å². The van der Waals surface area contributed by atoms with Gasteiger partial charge in [0.1, 0.15) is 0 Å². The summed E-state index contributed by atoms with van der Waals surface area (Å²) in [4.78, 5) is 3.04. The molecule has 0 unspecified atom stereocenters. The number of hydrogen-bond acceptors (Lipinski definition) is 2. The summed E-state index contributed by atoms with van der Waals surface area (Å²) in [6, 6.07) is 13.2. The van der Waals surface area contributed by atoms with Gasteiger partial charge in [-0.15, -0.1) is 0 Å². The van der Waals surface area contributed by atoms with Crippen LogP contribution in [0, 0.1) is 27.7 Å². The maximum atomic E-state index is 2.22. The maximum absolute atomic E-state index is 2.22.